The molecule has 0 aliphatic carbocycles. The summed E-state index contributed by atoms with van der Waals surface area (Å²) in [5.41, 5.74) is 4.11. The number of anilines is 1. The van der Waals surface area contributed by atoms with Crippen LogP contribution in [-0.2, 0) is 4.79 Å². The molecule has 4 aromatic rings. The van der Waals surface area contributed by atoms with Crippen molar-refractivity contribution >= 4 is 34.0 Å². The quantitative estimate of drug-likeness (QED) is 0.266. The topological polar surface area (TPSA) is 104 Å². The Hall–Kier alpha value is -4.39. The van der Waals surface area contributed by atoms with E-state index in [1.165, 1.54) is 6.92 Å². The number of aromatic amines is 1. The summed E-state index contributed by atoms with van der Waals surface area (Å²) >= 11 is 0. The Morgan fingerprint density at radius 2 is 1.53 bits per heavy atom. The average Bonchev–Trinajstić information content (AvgIpc) is 2.82. The van der Waals surface area contributed by atoms with Gasteiger partial charge in [-0.15, -0.1) is 0 Å². The van der Waals surface area contributed by atoms with Crippen molar-refractivity contribution in [2.24, 2.45) is 5.10 Å². The molecule has 7 nitrogen and oxygen atoms in total. The van der Waals surface area contributed by atoms with Crippen LogP contribution >= 0.6 is 0 Å². The molecule has 0 fully saturated rings. The first-order valence-electron chi connectivity index (χ1n) is 10.0. The van der Waals surface area contributed by atoms with Crippen molar-refractivity contribution in [3.63, 3.8) is 0 Å². The summed E-state index contributed by atoms with van der Waals surface area (Å²) in [4.78, 5) is 46.3. The number of benzene rings is 3. The maximum atomic E-state index is 13.5. The van der Waals surface area contributed by atoms with Gasteiger partial charge in [-0.1, -0.05) is 60.7 Å². The summed E-state index contributed by atoms with van der Waals surface area (Å²) in [7, 11) is 0. The minimum atomic E-state index is -1.28. The van der Waals surface area contributed by atoms with Gasteiger partial charge in [0.05, 0.1) is 16.7 Å². The van der Waals surface area contributed by atoms with Crippen LogP contribution in [0.25, 0.3) is 11.0 Å². The third-order valence-electron chi connectivity index (χ3n) is 4.93. The molecule has 0 radical (unpaired) electrons. The lowest BCUT2D eigenvalue weighted by Crippen LogP contribution is -2.34. The number of nitrogens with one attached hydrogen (secondary N) is 2. The predicted octanol–water partition coefficient (Wildman–Crippen LogP) is 3.95. The van der Waals surface area contributed by atoms with Crippen LogP contribution in [0.3, 0.4) is 0 Å². The van der Waals surface area contributed by atoms with Crippen molar-refractivity contribution in [2.75, 3.05) is 5.43 Å². The van der Waals surface area contributed by atoms with Crippen LogP contribution < -0.4 is 11.0 Å². The second-order valence-corrected chi connectivity index (χ2v) is 7.16. The number of nitrogens with zero attached hydrogens (tertiary/aromatic N) is 2. The Morgan fingerprint density at radius 3 is 2.22 bits per heavy atom. The fourth-order valence-corrected chi connectivity index (χ4v) is 3.37. The largest absolute Gasteiger partial charge is 0.319 e. The van der Waals surface area contributed by atoms with Gasteiger partial charge in [-0.3, -0.25) is 19.8 Å². The van der Waals surface area contributed by atoms with E-state index in [0.717, 1.165) is 0 Å². The zero-order valence-electron chi connectivity index (χ0n) is 17.3. The van der Waals surface area contributed by atoms with E-state index in [2.05, 4.69) is 20.5 Å². The van der Waals surface area contributed by atoms with Crippen molar-refractivity contribution in [1.29, 1.82) is 0 Å². The van der Waals surface area contributed by atoms with Gasteiger partial charge in [0.25, 0.3) is 5.56 Å². The molecular formula is C25H20N4O3. The molecule has 0 saturated heterocycles. The van der Waals surface area contributed by atoms with E-state index in [-0.39, 0.29) is 11.4 Å². The third kappa shape index (κ3) is 4.37. The minimum absolute atomic E-state index is 0.0821. The van der Waals surface area contributed by atoms with Gasteiger partial charge in [0.1, 0.15) is 17.3 Å². The maximum absolute atomic E-state index is 13.5. The van der Waals surface area contributed by atoms with Crippen LogP contribution in [-0.4, -0.2) is 27.2 Å². The highest BCUT2D eigenvalue weighted by Gasteiger charge is 2.34. The molecule has 158 valence electrons. The number of carbonyl (C=O) groups is 2. The third-order valence-corrected chi connectivity index (χ3v) is 4.93. The Bertz CT molecular complexity index is 1360. The molecule has 0 amide bonds. The Labute approximate surface area is 183 Å². The van der Waals surface area contributed by atoms with Crippen molar-refractivity contribution in [1.82, 2.24) is 9.97 Å². The summed E-state index contributed by atoms with van der Waals surface area (Å²) in [5, 5.41) is 4.24. The second kappa shape index (κ2) is 9.18. The number of aromatic nitrogens is 2. The minimum Gasteiger partial charge on any atom is -0.319 e. The molecule has 3 aromatic carbocycles. The smallest absolute Gasteiger partial charge is 0.271 e. The van der Waals surface area contributed by atoms with Crippen LogP contribution in [0.2, 0.25) is 0 Å². The van der Waals surface area contributed by atoms with Crippen LogP contribution in [0.5, 0.6) is 0 Å². The Morgan fingerprint density at radius 1 is 0.906 bits per heavy atom. The number of carbonyl (C=O) groups excluding carboxylic acids is 2. The van der Waals surface area contributed by atoms with Gasteiger partial charge in [-0.05, 0) is 24.3 Å². The molecule has 0 bridgehead atoms. The zero-order chi connectivity index (χ0) is 22.5. The van der Waals surface area contributed by atoms with E-state index in [1.807, 2.05) is 18.2 Å². The summed E-state index contributed by atoms with van der Waals surface area (Å²) in [6.45, 7) is 1.31. The second-order valence-electron chi connectivity index (χ2n) is 7.16. The standard InChI is InChI=1S/C25H20N4O3/c1-16(30)22(29-28-18-12-6-3-7-13-18)21(24(31)17-10-4-2-5-11-17)23-25(32)27-20-15-9-8-14-19(20)26-23/h2-15,21,28H,1H3,(H,27,32)/b29-22-. The maximum Gasteiger partial charge on any atom is 0.271 e. The van der Waals surface area contributed by atoms with Crippen LogP contribution in [0, 0.1) is 0 Å². The monoisotopic (exact) mass is 424 g/mol. The molecule has 0 saturated carbocycles. The van der Waals surface area contributed by atoms with Crippen LogP contribution in [0.15, 0.2) is 94.8 Å². The highest BCUT2D eigenvalue weighted by Crippen LogP contribution is 2.22. The molecule has 7 heteroatoms. The summed E-state index contributed by atoms with van der Waals surface area (Å²) < 4.78 is 0. The molecule has 1 atom stereocenters. The highest BCUT2D eigenvalue weighted by molar-refractivity contribution is 6.46. The number of ketones is 2. The lowest BCUT2D eigenvalue weighted by atomic mass is 9.88. The van der Waals surface area contributed by atoms with Crippen molar-refractivity contribution in [2.45, 2.75) is 12.8 Å². The van der Waals surface area contributed by atoms with Gasteiger partial charge in [0.2, 0.25) is 0 Å². The highest BCUT2D eigenvalue weighted by atomic mass is 16.1. The lowest BCUT2D eigenvalue weighted by molar-refractivity contribution is -0.111. The fourth-order valence-electron chi connectivity index (χ4n) is 3.37. The van der Waals surface area contributed by atoms with Gasteiger partial charge in [0.15, 0.2) is 11.6 Å². The first-order valence-corrected chi connectivity index (χ1v) is 10.0. The number of rotatable bonds is 7. The molecule has 2 N–H and O–H groups in total. The van der Waals surface area contributed by atoms with Crippen molar-refractivity contribution in [3.8, 4) is 0 Å². The number of hydrazone groups is 1. The van der Waals surface area contributed by atoms with Gasteiger partial charge < -0.3 is 4.98 Å². The van der Waals surface area contributed by atoms with E-state index >= 15 is 0 Å². The van der Waals surface area contributed by atoms with E-state index in [4.69, 9.17) is 0 Å². The van der Waals surface area contributed by atoms with E-state index in [0.29, 0.717) is 22.3 Å². The average molecular weight is 424 g/mol. The van der Waals surface area contributed by atoms with Crippen LogP contribution in [0.4, 0.5) is 5.69 Å². The van der Waals surface area contributed by atoms with Crippen molar-refractivity contribution < 1.29 is 9.59 Å². The van der Waals surface area contributed by atoms with Crippen molar-refractivity contribution in [3.05, 3.63) is 107 Å². The van der Waals surface area contributed by atoms with Gasteiger partial charge in [-0.25, -0.2) is 4.98 Å². The lowest BCUT2D eigenvalue weighted by Gasteiger charge is -2.16. The Balaban J connectivity index is 1.89. The fraction of sp³-hybridized carbons (Fsp3) is 0.0800. The molecular weight excluding hydrogens is 404 g/mol. The number of H-pyrrole nitrogens is 1. The molecule has 0 aliphatic rings. The van der Waals surface area contributed by atoms with E-state index in [9.17, 15) is 14.4 Å². The number of fused-ring (bicyclic) bond motifs is 1. The summed E-state index contributed by atoms with van der Waals surface area (Å²) in [6, 6.07) is 24.5. The number of para-hydroxylation sites is 3. The molecule has 0 spiro atoms. The zero-order valence-corrected chi connectivity index (χ0v) is 17.3. The van der Waals surface area contributed by atoms with Gasteiger partial charge in [-0.2, -0.15) is 5.10 Å². The van der Waals surface area contributed by atoms with E-state index in [1.54, 1.807) is 66.7 Å². The predicted molar refractivity (Wildman–Crippen MR) is 124 cm³/mol. The number of hydrogen-bond acceptors (Lipinski definition) is 6. The summed E-state index contributed by atoms with van der Waals surface area (Å²) in [6.07, 6.45) is 0. The Kier molecular flexibility index (Phi) is 5.98. The normalized spacial score (nSPS) is 12.3. The molecule has 1 aromatic heterocycles. The first kappa shape index (κ1) is 20.9. The number of Topliss-reactive ketones (excluding diaryl/α,β-unsaturated/α-hetero) is 2. The molecule has 32 heavy (non-hydrogen) atoms. The summed E-state index contributed by atoms with van der Waals surface area (Å²) in [5.74, 6) is -2.17. The van der Waals surface area contributed by atoms with Gasteiger partial charge in [0, 0.05) is 12.5 Å². The molecule has 0 aliphatic heterocycles. The van der Waals surface area contributed by atoms with Crippen LogP contribution in [0.1, 0.15) is 28.9 Å². The first-order chi connectivity index (χ1) is 15.5. The molecule has 4 rings (SSSR count). The van der Waals surface area contributed by atoms with Gasteiger partial charge >= 0.3 is 0 Å². The number of hydrogen-bond donors (Lipinski definition) is 2. The van der Waals surface area contributed by atoms with E-state index < -0.39 is 23.0 Å². The SMILES string of the molecule is CC(=O)/C(=N/Nc1ccccc1)C(C(=O)c1ccccc1)c1nc2ccccc2[nH]c1=O. The molecule has 1 unspecified atom stereocenters. The molecule has 1 heterocycles.